The normalized spacial score (nSPS) is 12.1. The number of benzene rings is 3. The van der Waals surface area contributed by atoms with Gasteiger partial charge in [-0.3, -0.25) is 19.3 Å². The van der Waals surface area contributed by atoms with Gasteiger partial charge in [-0.2, -0.15) is 0 Å². The largest absolute Gasteiger partial charge is 0.497 e. The number of aromatic nitrogens is 3. The third kappa shape index (κ3) is 6.12. The van der Waals surface area contributed by atoms with Gasteiger partial charge in [0.1, 0.15) is 29.6 Å². The van der Waals surface area contributed by atoms with Crippen LogP contribution < -0.4 is 19.7 Å². The SMILES string of the molecule is COc1ccc(OC)c(C(C(=O)NC(C)(C)C)N(C(=O)Cn2nnc3ccccc32)c2ccc(C(C)=O)cc2)c1. The maximum Gasteiger partial charge on any atom is 0.249 e. The predicted molar refractivity (Wildman–Crippen MR) is 152 cm³/mol. The average Bonchev–Trinajstić information content (AvgIpc) is 3.32. The van der Waals surface area contributed by atoms with Gasteiger partial charge in [0, 0.05) is 22.4 Å². The summed E-state index contributed by atoms with van der Waals surface area (Å²) in [5.41, 5.74) is 2.04. The molecule has 1 unspecified atom stereocenters. The zero-order valence-electron chi connectivity index (χ0n) is 23.5. The number of ketones is 1. The molecule has 4 rings (SSSR count). The van der Waals surface area contributed by atoms with Gasteiger partial charge in [0.15, 0.2) is 5.78 Å². The Kier molecular flexibility index (Phi) is 8.18. The van der Waals surface area contributed by atoms with E-state index in [0.29, 0.717) is 39.3 Å². The maximum absolute atomic E-state index is 14.2. The van der Waals surface area contributed by atoms with E-state index in [4.69, 9.17) is 9.47 Å². The molecule has 0 fully saturated rings. The highest BCUT2D eigenvalue weighted by Gasteiger charge is 2.37. The minimum Gasteiger partial charge on any atom is -0.497 e. The fourth-order valence-electron chi connectivity index (χ4n) is 4.42. The summed E-state index contributed by atoms with van der Waals surface area (Å²) in [5, 5.41) is 11.3. The molecule has 0 radical (unpaired) electrons. The minimum absolute atomic E-state index is 0.116. The summed E-state index contributed by atoms with van der Waals surface area (Å²) in [7, 11) is 3.02. The molecule has 0 aliphatic carbocycles. The number of nitrogens with one attached hydrogen (secondary N) is 1. The number of hydrogen-bond acceptors (Lipinski definition) is 7. The molecule has 2 amide bonds. The highest BCUT2D eigenvalue weighted by Crippen LogP contribution is 2.36. The molecule has 0 spiro atoms. The molecule has 1 atom stereocenters. The zero-order chi connectivity index (χ0) is 29.0. The van der Waals surface area contributed by atoms with Gasteiger partial charge in [-0.25, -0.2) is 4.68 Å². The van der Waals surface area contributed by atoms with Crippen molar-refractivity contribution in [3.63, 3.8) is 0 Å². The first-order chi connectivity index (χ1) is 19.0. The molecule has 3 aromatic carbocycles. The van der Waals surface area contributed by atoms with Gasteiger partial charge in [-0.1, -0.05) is 17.3 Å². The number of hydrogen-bond donors (Lipinski definition) is 1. The van der Waals surface area contributed by atoms with E-state index in [1.165, 1.54) is 30.7 Å². The Balaban J connectivity index is 1.91. The van der Waals surface area contributed by atoms with Gasteiger partial charge >= 0.3 is 0 Å². The topological polar surface area (TPSA) is 116 Å². The van der Waals surface area contributed by atoms with Crippen LogP contribution in [0.15, 0.2) is 66.7 Å². The zero-order valence-corrected chi connectivity index (χ0v) is 23.5. The first kappa shape index (κ1) is 28.3. The van der Waals surface area contributed by atoms with Crippen molar-refractivity contribution in [2.24, 2.45) is 0 Å². The molecule has 1 aromatic heterocycles. The number of anilines is 1. The van der Waals surface area contributed by atoms with Crippen LogP contribution in [-0.2, 0) is 16.1 Å². The van der Waals surface area contributed by atoms with Crippen LogP contribution >= 0.6 is 0 Å². The van der Waals surface area contributed by atoms with Crippen LogP contribution in [0.4, 0.5) is 5.69 Å². The highest BCUT2D eigenvalue weighted by molar-refractivity contribution is 6.02. The van der Waals surface area contributed by atoms with Crippen molar-refractivity contribution in [2.45, 2.75) is 45.8 Å². The predicted octanol–water partition coefficient (Wildman–Crippen LogP) is 4.34. The molecule has 0 aliphatic rings. The summed E-state index contributed by atoms with van der Waals surface area (Å²) >= 11 is 0. The number of Topliss-reactive ketones (excluding diaryl/α,β-unsaturated/α-hetero) is 1. The summed E-state index contributed by atoms with van der Waals surface area (Å²) in [4.78, 5) is 41.7. The summed E-state index contributed by atoms with van der Waals surface area (Å²) < 4.78 is 12.6. The number of carbonyl (C=O) groups excluding carboxylic acids is 3. The molecular formula is C30H33N5O5. The number of methoxy groups -OCH3 is 2. The van der Waals surface area contributed by atoms with Crippen LogP contribution in [0, 0.1) is 0 Å². The van der Waals surface area contributed by atoms with E-state index in [9.17, 15) is 14.4 Å². The van der Waals surface area contributed by atoms with E-state index >= 15 is 0 Å². The third-order valence-electron chi connectivity index (χ3n) is 6.26. The van der Waals surface area contributed by atoms with Crippen molar-refractivity contribution in [1.29, 1.82) is 0 Å². The van der Waals surface area contributed by atoms with Crippen molar-refractivity contribution in [3.8, 4) is 11.5 Å². The van der Waals surface area contributed by atoms with Gasteiger partial charge in [0.2, 0.25) is 11.8 Å². The lowest BCUT2D eigenvalue weighted by atomic mass is 9.99. The highest BCUT2D eigenvalue weighted by atomic mass is 16.5. The molecule has 10 heteroatoms. The number of fused-ring (bicyclic) bond motifs is 1. The van der Waals surface area contributed by atoms with Crippen LogP contribution in [0.5, 0.6) is 11.5 Å². The Labute approximate surface area is 232 Å². The molecule has 4 aromatic rings. The van der Waals surface area contributed by atoms with Crippen LogP contribution in [0.1, 0.15) is 49.7 Å². The summed E-state index contributed by atoms with van der Waals surface area (Å²) in [6, 6.07) is 17.8. The van der Waals surface area contributed by atoms with Gasteiger partial charge < -0.3 is 14.8 Å². The molecule has 0 saturated heterocycles. The number of rotatable bonds is 9. The molecule has 1 heterocycles. The van der Waals surface area contributed by atoms with Crippen LogP contribution in [0.2, 0.25) is 0 Å². The van der Waals surface area contributed by atoms with Crippen LogP contribution in [-0.4, -0.2) is 52.3 Å². The van der Waals surface area contributed by atoms with E-state index in [2.05, 4.69) is 15.6 Å². The fraction of sp³-hybridized carbons (Fsp3) is 0.300. The van der Waals surface area contributed by atoms with Crippen molar-refractivity contribution >= 4 is 34.3 Å². The van der Waals surface area contributed by atoms with E-state index in [-0.39, 0.29) is 12.3 Å². The monoisotopic (exact) mass is 543 g/mol. The maximum atomic E-state index is 14.2. The van der Waals surface area contributed by atoms with E-state index in [1.54, 1.807) is 42.5 Å². The second-order valence-electron chi connectivity index (χ2n) is 10.4. The summed E-state index contributed by atoms with van der Waals surface area (Å²) in [6.45, 7) is 6.86. The van der Waals surface area contributed by atoms with Gasteiger partial charge in [0.25, 0.3) is 0 Å². The molecule has 40 heavy (non-hydrogen) atoms. The van der Waals surface area contributed by atoms with Crippen molar-refractivity contribution in [1.82, 2.24) is 20.3 Å². The molecule has 0 saturated carbocycles. The second-order valence-corrected chi connectivity index (χ2v) is 10.4. The van der Waals surface area contributed by atoms with Gasteiger partial charge in [-0.05, 0) is 82.3 Å². The number of nitrogens with zero attached hydrogens (tertiary/aromatic N) is 4. The molecule has 208 valence electrons. The lowest BCUT2D eigenvalue weighted by Gasteiger charge is -2.34. The Hall–Kier alpha value is -4.73. The number of para-hydroxylation sites is 1. The molecule has 1 N–H and O–H groups in total. The molecule has 0 bridgehead atoms. The molecule has 0 aliphatic heterocycles. The Bertz CT molecular complexity index is 1540. The Morgan fingerprint density at radius 2 is 1.68 bits per heavy atom. The lowest BCUT2D eigenvalue weighted by Crippen LogP contribution is -2.50. The first-order valence-electron chi connectivity index (χ1n) is 12.8. The Morgan fingerprint density at radius 3 is 2.30 bits per heavy atom. The van der Waals surface area contributed by atoms with Gasteiger partial charge in [0.05, 0.1) is 19.7 Å². The Morgan fingerprint density at radius 1 is 0.975 bits per heavy atom. The van der Waals surface area contributed by atoms with E-state index in [1.807, 2.05) is 45.0 Å². The first-order valence-corrected chi connectivity index (χ1v) is 12.8. The third-order valence-corrected chi connectivity index (χ3v) is 6.26. The fourth-order valence-corrected chi connectivity index (χ4v) is 4.42. The average molecular weight is 544 g/mol. The van der Waals surface area contributed by atoms with Crippen molar-refractivity contribution in [2.75, 3.05) is 19.1 Å². The van der Waals surface area contributed by atoms with Crippen molar-refractivity contribution in [3.05, 3.63) is 77.9 Å². The quantitative estimate of drug-likeness (QED) is 0.312. The lowest BCUT2D eigenvalue weighted by molar-refractivity contribution is -0.128. The van der Waals surface area contributed by atoms with E-state index in [0.717, 1.165) is 0 Å². The standard InChI is InChI=1S/C30H33N5O5/c1-19(36)20-11-13-21(14-12-20)35(27(37)18-34-25-10-8-7-9-24(25)32-33-34)28(29(38)31-30(2,3)4)23-17-22(39-5)15-16-26(23)40-6/h7-17,28H,18H2,1-6H3,(H,31,38). The minimum atomic E-state index is -1.16. The number of amides is 2. The second kappa shape index (κ2) is 11.6. The molecule has 10 nitrogen and oxygen atoms in total. The number of carbonyl (C=O) groups is 3. The summed E-state index contributed by atoms with van der Waals surface area (Å²) in [5.74, 6) is -0.0724. The number of ether oxygens (including phenoxy) is 2. The molecular weight excluding hydrogens is 510 g/mol. The van der Waals surface area contributed by atoms with Gasteiger partial charge in [-0.15, -0.1) is 5.10 Å². The van der Waals surface area contributed by atoms with Crippen LogP contribution in [0.25, 0.3) is 11.0 Å². The van der Waals surface area contributed by atoms with E-state index < -0.39 is 23.4 Å². The summed E-state index contributed by atoms with van der Waals surface area (Å²) in [6.07, 6.45) is 0. The van der Waals surface area contributed by atoms with Crippen LogP contribution in [0.3, 0.4) is 0 Å². The van der Waals surface area contributed by atoms with Crippen molar-refractivity contribution < 1.29 is 23.9 Å². The smallest absolute Gasteiger partial charge is 0.249 e.